The van der Waals surface area contributed by atoms with Gasteiger partial charge < -0.3 is 19.9 Å². The molecule has 1 N–H and O–H groups in total. The Hall–Kier alpha value is -0.600. The Morgan fingerprint density at radius 3 is 2.45 bits per heavy atom. The van der Waals surface area contributed by atoms with Gasteiger partial charge in [-0.3, -0.25) is 0 Å². The zero-order valence-corrected chi connectivity index (χ0v) is 14.8. The lowest BCUT2D eigenvalue weighted by atomic mass is 10.4. The maximum atomic E-state index is 5.92. The van der Waals surface area contributed by atoms with E-state index in [1.54, 1.807) is 0 Å². The van der Waals surface area contributed by atoms with E-state index < -0.39 is 3.79 Å². The molecule has 0 amide bonds. The van der Waals surface area contributed by atoms with Crippen LogP contribution in [0.15, 0.2) is 0 Å². The van der Waals surface area contributed by atoms with Gasteiger partial charge in [-0.25, -0.2) is 0 Å². The van der Waals surface area contributed by atoms with Crippen LogP contribution >= 0.6 is 34.8 Å². The Bertz CT molecular complexity index is 490. The average molecular weight is 370 g/mol. The van der Waals surface area contributed by atoms with Crippen molar-refractivity contribution in [3.05, 3.63) is 5.82 Å². The van der Waals surface area contributed by atoms with Crippen molar-refractivity contribution in [2.75, 3.05) is 63.7 Å². The molecule has 1 aliphatic heterocycles. The second-order valence-electron chi connectivity index (χ2n) is 5.11. The molecule has 0 bridgehead atoms. The van der Waals surface area contributed by atoms with Gasteiger partial charge in [0, 0.05) is 26.2 Å². The summed E-state index contributed by atoms with van der Waals surface area (Å²) in [5, 5.41) is 3.13. The average Bonchev–Trinajstić information content (AvgIpc) is 2.46. The van der Waals surface area contributed by atoms with Crippen molar-refractivity contribution in [2.24, 2.45) is 0 Å². The minimum atomic E-state index is -1.69. The van der Waals surface area contributed by atoms with Crippen LogP contribution in [0.2, 0.25) is 0 Å². The van der Waals surface area contributed by atoms with Crippen LogP contribution in [0.25, 0.3) is 0 Å². The summed E-state index contributed by atoms with van der Waals surface area (Å²) < 4.78 is 3.64. The zero-order valence-electron chi connectivity index (χ0n) is 12.5. The Labute approximate surface area is 144 Å². The molecule has 2 rings (SSSR count). The molecule has 124 valence electrons. The highest BCUT2D eigenvalue weighted by atomic mass is 35.6. The summed E-state index contributed by atoms with van der Waals surface area (Å²) in [6, 6.07) is 0. The molecule has 10 heteroatoms. The summed E-state index contributed by atoms with van der Waals surface area (Å²) in [4.78, 5) is 16.9. The predicted octanol–water partition coefficient (Wildman–Crippen LogP) is 1.51. The Kier molecular flexibility index (Phi) is 6.28. The highest BCUT2D eigenvalue weighted by Gasteiger charge is 2.29. The molecule has 0 unspecified atom stereocenters. The largest absolute Gasteiger partial charge is 0.378 e. The fraction of sp³-hybridized carbons (Fsp3) is 0.750. The number of likely N-dealkylation sites (N-methyl/N-ethyl adjacent to an activating group) is 1. The number of nitrogens with one attached hydrogen (secondary N) is 1. The SMILES string of the molecule is CN(C)CCNc1nc(N2CCOCC2)nc(C(Cl)(Cl)Cl)n1. The molecule has 1 fully saturated rings. The number of aromatic nitrogens is 3. The van der Waals surface area contributed by atoms with E-state index in [0.717, 1.165) is 6.54 Å². The smallest absolute Gasteiger partial charge is 0.250 e. The summed E-state index contributed by atoms with van der Waals surface area (Å²) in [7, 11) is 3.97. The second-order valence-corrected chi connectivity index (χ2v) is 7.39. The molecule has 0 atom stereocenters. The fourth-order valence-corrected chi connectivity index (χ4v) is 2.12. The summed E-state index contributed by atoms with van der Waals surface area (Å²) in [5.74, 6) is 1.01. The van der Waals surface area contributed by atoms with Gasteiger partial charge in [-0.05, 0) is 14.1 Å². The summed E-state index contributed by atoms with van der Waals surface area (Å²) in [6.07, 6.45) is 0. The molecule has 0 saturated carbocycles. The molecule has 1 aromatic heterocycles. The third-order valence-corrected chi connectivity index (χ3v) is 3.52. The summed E-state index contributed by atoms with van der Waals surface area (Å²) in [5.41, 5.74) is 0. The molecule has 7 nitrogen and oxygen atoms in total. The minimum absolute atomic E-state index is 0.112. The van der Waals surface area contributed by atoms with Crippen LogP contribution in [0.1, 0.15) is 5.82 Å². The zero-order chi connectivity index (χ0) is 16.2. The molecule has 0 spiro atoms. The van der Waals surface area contributed by atoms with E-state index in [0.29, 0.717) is 44.7 Å². The Morgan fingerprint density at radius 1 is 1.18 bits per heavy atom. The summed E-state index contributed by atoms with van der Waals surface area (Å²) in [6.45, 7) is 4.15. The molecule has 1 aliphatic rings. The van der Waals surface area contributed by atoms with Gasteiger partial charge in [0.25, 0.3) is 0 Å². The molecule has 0 radical (unpaired) electrons. The number of ether oxygens (including phenoxy) is 1. The molecule has 22 heavy (non-hydrogen) atoms. The third kappa shape index (κ3) is 5.24. The van der Waals surface area contributed by atoms with Crippen molar-refractivity contribution in [3.8, 4) is 0 Å². The quantitative estimate of drug-likeness (QED) is 0.789. The Balaban J connectivity index is 2.20. The lowest BCUT2D eigenvalue weighted by Gasteiger charge is -2.27. The number of nitrogens with zero attached hydrogens (tertiary/aromatic N) is 5. The first-order chi connectivity index (χ1) is 10.4. The van der Waals surface area contributed by atoms with Gasteiger partial charge in [0.2, 0.25) is 15.7 Å². The van der Waals surface area contributed by atoms with Gasteiger partial charge in [-0.2, -0.15) is 15.0 Å². The number of anilines is 2. The molecule has 1 aromatic rings. The Morgan fingerprint density at radius 2 is 1.86 bits per heavy atom. The number of halogens is 3. The molecule has 2 heterocycles. The van der Waals surface area contributed by atoms with E-state index >= 15 is 0 Å². The van der Waals surface area contributed by atoms with Gasteiger partial charge in [0.15, 0.2) is 5.82 Å². The van der Waals surface area contributed by atoms with Crippen molar-refractivity contribution in [1.82, 2.24) is 19.9 Å². The van der Waals surface area contributed by atoms with Crippen molar-refractivity contribution >= 4 is 46.7 Å². The third-order valence-electron chi connectivity index (χ3n) is 3.01. The van der Waals surface area contributed by atoms with E-state index in [9.17, 15) is 0 Å². The first-order valence-electron chi connectivity index (χ1n) is 6.91. The van der Waals surface area contributed by atoms with Gasteiger partial charge in [-0.1, -0.05) is 34.8 Å². The molecule has 0 aromatic carbocycles. The van der Waals surface area contributed by atoms with E-state index in [1.807, 2.05) is 23.9 Å². The van der Waals surface area contributed by atoms with E-state index in [4.69, 9.17) is 39.5 Å². The lowest BCUT2D eigenvalue weighted by molar-refractivity contribution is 0.122. The van der Waals surface area contributed by atoms with Gasteiger partial charge >= 0.3 is 0 Å². The molecule has 0 aliphatic carbocycles. The number of hydrogen-bond acceptors (Lipinski definition) is 7. The van der Waals surface area contributed by atoms with E-state index in [2.05, 4.69) is 20.3 Å². The van der Waals surface area contributed by atoms with Crippen LogP contribution in [0.3, 0.4) is 0 Å². The lowest BCUT2D eigenvalue weighted by Crippen LogP contribution is -2.38. The summed E-state index contributed by atoms with van der Waals surface area (Å²) >= 11 is 17.8. The number of hydrogen-bond donors (Lipinski definition) is 1. The van der Waals surface area contributed by atoms with Gasteiger partial charge in [0.1, 0.15) is 0 Å². The normalized spacial score (nSPS) is 16.2. The first-order valence-corrected chi connectivity index (χ1v) is 8.04. The minimum Gasteiger partial charge on any atom is -0.378 e. The van der Waals surface area contributed by atoms with E-state index in [1.165, 1.54) is 0 Å². The van der Waals surface area contributed by atoms with Crippen LogP contribution in [0.4, 0.5) is 11.9 Å². The van der Waals surface area contributed by atoms with Crippen LogP contribution in [-0.4, -0.2) is 73.3 Å². The van der Waals surface area contributed by atoms with Crippen LogP contribution in [0.5, 0.6) is 0 Å². The predicted molar refractivity (Wildman–Crippen MR) is 89.1 cm³/mol. The molecular weight excluding hydrogens is 351 g/mol. The van der Waals surface area contributed by atoms with Crippen LogP contribution in [0, 0.1) is 0 Å². The number of morpholine rings is 1. The standard InChI is InChI=1S/C12H19Cl3N6O/c1-20(2)4-3-16-10-17-9(12(13,14)15)18-11(19-10)21-5-7-22-8-6-21/h3-8H2,1-2H3,(H,16,17,18,19). The topological polar surface area (TPSA) is 66.4 Å². The monoisotopic (exact) mass is 368 g/mol. The van der Waals surface area contributed by atoms with Crippen LogP contribution in [-0.2, 0) is 8.53 Å². The number of rotatable bonds is 5. The van der Waals surface area contributed by atoms with Crippen LogP contribution < -0.4 is 10.2 Å². The second kappa shape index (κ2) is 7.79. The maximum Gasteiger partial charge on any atom is 0.250 e. The van der Waals surface area contributed by atoms with Gasteiger partial charge in [0.05, 0.1) is 13.2 Å². The molecule has 1 saturated heterocycles. The highest BCUT2D eigenvalue weighted by molar-refractivity contribution is 6.66. The number of alkyl halides is 3. The van der Waals surface area contributed by atoms with Crippen molar-refractivity contribution < 1.29 is 4.74 Å². The van der Waals surface area contributed by atoms with Crippen molar-refractivity contribution in [3.63, 3.8) is 0 Å². The van der Waals surface area contributed by atoms with E-state index in [-0.39, 0.29) is 5.82 Å². The van der Waals surface area contributed by atoms with Crippen molar-refractivity contribution in [1.29, 1.82) is 0 Å². The van der Waals surface area contributed by atoms with Crippen molar-refractivity contribution in [2.45, 2.75) is 3.79 Å². The maximum absolute atomic E-state index is 5.92. The van der Waals surface area contributed by atoms with Gasteiger partial charge in [-0.15, -0.1) is 0 Å². The first kappa shape index (κ1) is 17.7. The highest BCUT2D eigenvalue weighted by Crippen LogP contribution is 2.36. The fourth-order valence-electron chi connectivity index (χ4n) is 1.87. The molecular formula is C12H19Cl3N6O.